The second-order valence-corrected chi connectivity index (χ2v) is 6.44. The lowest BCUT2D eigenvalue weighted by atomic mass is 9.99. The highest BCUT2D eigenvalue weighted by molar-refractivity contribution is 6.12. The number of rotatable bonds is 8. The lowest BCUT2D eigenvalue weighted by Crippen LogP contribution is -2.13. The molecular formula is C25H25NO. The summed E-state index contributed by atoms with van der Waals surface area (Å²) in [6, 6.07) is 29.1. The highest BCUT2D eigenvalue weighted by Crippen LogP contribution is 2.18. The average Bonchev–Trinajstić information content (AvgIpc) is 2.74. The highest BCUT2D eigenvalue weighted by Gasteiger charge is 2.12. The number of methoxy groups -OCH3 is 1. The fraction of sp³-hybridized carbons (Fsp3) is 0.160. The van der Waals surface area contributed by atoms with E-state index in [1.165, 1.54) is 5.56 Å². The molecule has 136 valence electrons. The largest absolute Gasteiger partial charge is 0.497 e. The predicted octanol–water partition coefficient (Wildman–Crippen LogP) is 5.72. The molecule has 1 unspecified atom stereocenters. The molecule has 3 aromatic rings. The fourth-order valence-electron chi connectivity index (χ4n) is 3.10. The van der Waals surface area contributed by atoms with Crippen LogP contribution in [0.25, 0.3) is 0 Å². The van der Waals surface area contributed by atoms with Gasteiger partial charge in [-0.3, -0.25) is 4.99 Å². The van der Waals surface area contributed by atoms with Gasteiger partial charge in [-0.2, -0.15) is 0 Å². The molecule has 2 heteroatoms. The van der Waals surface area contributed by atoms with Crippen molar-refractivity contribution in [3.8, 4) is 5.75 Å². The Kier molecular flexibility index (Phi) is 6.59. The minimum absolute atomic E-state index is 0.131. The highest BCUT2D eigenvalue weighted by atomic mass is 16.5. The number of nitrogens with zero attached hydrogens (tertiary/aromatic N) is 1. The van der Waals surface area contributed by atoms with Crippen molar-refractivity contribution < 1.29 is 4.74 Å². The van der Waals surface area contributed by atoms with E-state index in [9.17, 15) is 0 Å². The molecule has 0 heterocycles. The lowest BCUT2D eigenvalue weighted by molar-refractivity contribution is 0.414. The Morgan fingerprint density at radius 1 is 0.889 bits per heavy atom. The summed E-state index contributed by atoms with van der Waals surface area (Å²) < 4.78 is 5.26. The Labute approximate surface area is 161 Å². The summed E-state index contributed by atoms with van der Waals surface area (Å²) >= 11 is 0. The van der Waals surface area contributed by atoms with Crippen LogP contribution in [0, 0.1) is 0 Å². The number of ether oxygens (including phenoxy) is 1. The number of benzene rings is 3. The first kappa shape index (κ1) is 18.7. The third-order valence-corrected chi connectivity index (χ3v) is 4.48. The SMILES string of the molecule is C=CCC(Cc1ccc(OC)cc1)N=C(c1ccccc1)c1ccccc1. The molecule has 0 aromatic heterocycles. The zero-order valence-corrected chi connectivity index (χ0v) is 15.7. The summed E-state index contributed by atoms with van der Waals surface area (Å²) in [4.78, 5) is 5.16. The van der Waals surface area contributed by atoms with Crippen molar-refractivity contribution in [1.29, 1.82) is 0 Å². The quantitative estimate of drug-likeness (QED) is 0.374. The van der Waals surface area contributed by atoms with Crippen molar-refractivity contribution in [2.24, 2.45) is 4.99 Å². The molecular weight excluding hydrogens is 330 g/mol. The molecule has 0 aliphatic rings. The van der Waals surface area contributed by atoms with Crippen molar-refractivity contribution in [3.05, 3.63) is 114 Å². The molecule has 0 saturated heterocycles. The summed E-state index contributed by atoms with van der Waals surface area (Å²) in [7, 11) is 1.69. The smallest absolute Gasteiger partial charge is 0.118 e. The molecule has 0 aliphatic carbocycles. The normalized spacial score (nSPS) is 11.4. The molecule has 0 N–H and O–H groups in total. The maximum Gasteiger partial charge on any atom is 0.118 e. The van der Waals surface area contributed by atoms with Gasteiger partial charge in [0.15, 0.2) is 0 Å². The van der Waals surface area contributed by atoms with Gasteiger partial charge in [0.1, 0.15) is 5.75 Å². The number of aliphatic imine (C=N–C) groups is 1. The van der Waals surface area contributed by atoms with E-state index in [-0.39, 0.29) is 6.04 Å². The molecule has 0 bridgehead atoms. The first-order chi connectivity index (χ1) is 13.3. The molecule has 0 saturated carbocycles. The minimum Gasteiger partial charge on any atom is -0.497 e. The van der Waals surface area contributed by atoms with E-state index < -0.39 is 0 Å². The molecule has 0 amide bonds. The summed E-state index contributed by atoms with van der Waals surface area (Å²) in [5.74, 6) is 0.872. The Bertz CT molecular complexity index is 826. The second-order valence-electron chi connectivity index (χ2n) is 6.44. The van der Waals surface area contributed by atoms with Gasteiger partial charge < -0.3 is 4.74 Å². The minimum atomic E-state index is 0.131. The van der Waals surface area contributed by atoms with Gasteiger partial charge in [-0.25, -0.2) is 0 Å². The summed E-state index contributed by atoms with van der Waals surface area (Å²) in [5.41, 5.74) is 4.53. The molecule has 2 nitrogen and oxygen atoms in total. The van der Waals surface area contributed by atoms with Gasteiger partial charge in [-0.15, -0.1) is 6.58 Å². The monoisotopic (exact) mass is 355 g/mol. The first-order valence-electron chi connectivity index (χ1n) is 9.22. The van der Waals surface area contributed by atoms with Crippen LogP contribution in [0.4, 0.5) is 0 Å². The van der Waals surface area contributed by atoms with Crippen molar-refractivity contribution in [2.45, 2.75) is 18.9 Å². The van der Waals surface area contributed by atoms with Crippen LogP contribution in [0.3, 0.4) is 0 Å². The Morgan fingerprint density at radius 2 is 1.44 bits per heavy atom. The van der Waals surface area contributed by atoms with E-state index in [4.69, 9.17) is 9.73 Å². The summed E-state index contributed by atoms with van der Waals surface area (Å²) in [5, 5.41) is 0. The van der Waals surface area contributed by atoms with E-state index in [0.717, 1.165) is 35.4 Å². The fourth-order valence-corrected chi connectivity index (χ4v) is 3.10. The van der Waals surface area contributed by atoms with Gasteiger partial charge in [0.05, 0.1) is 18.9 Å². The van der Waals surface area contributed by atoms with Crippen LogP contribution in [0.15, 0.2) is 103 Å². The Morgan fingerprint density at radius 3 is 1.93 bits per heavy atom. The van der Waals surface area contributed by atoms with Crippen LogP contribution in [0.1, 0.15) is 23.1 Å². The third kappa shape index (κ3) is 5.18. The molecule has 0 spiro atoms. The van der Waals surface area contributed by atoms with Gasteiger partial charge in [-0.05, 0) is 30.5 Å². The molecule has 3 rings (SSSR count). The zero-order valence-electron chi connectivity index (χ0n) is 15.7. The first-order valence-corrected chi connectivity index (χ1v) is 9.22. The van der Waals surface area contributed by atoms with Crippen molar-refractivity contribution in [2.75, 3.05) is 7.11 Å². The molecule has 0 radical (unpaired) electrons. The van der Waals surface area contributed by atoms with Crippen LogP contribution in [-0.2, 0) is 6.42 Å². The van der Waals surface area contributed by atoms with Crippen LogP contribution in [0.2, 0.25) is 0 Å². The summed E-state index contributed by atoms with van der Waals surface area (Å²) in [6.07, 6.45) is 3.64. The maximum atomic E-state index is 5.26. The van der Waals surface area contributed by atoms with Gasteiger partial charge in [0.25, 0.3) is 0 Å². The molecule has 0 fully saturated rings. The van der Waals surface area contributed by atoms with Crippen molar-refractivity contribution >= 4 is 5.71 Å². The van der Waals surface area contributed by atoms with E-state index >= 15 is 0 Å². The van der Waals surface area contributed by atoms with Crippen molar-refractivity contribution in [1.82, 2.24) is 0 Å². The van der Waals surface area contributed by atoms with Gasteiger partial charge in [0, 0.05) is 11.1 Å². The standard InChI is InChI=1S/C25H25NO/c1-3-10-23(19-20-15-17-24(27-2)18-16-20)26-25(21-11-6-4-7-12-21)22-13-8-5-9-14-22/h3-9,11-18,23H,1,10,19H2,2H3. The zero-order chi connectivity index (χ0) is 18.9. The maximum absolute atomic E-state index is 5.26. The topological polar surface area (TPSA) is 21.6 Å². The van der Waals surface area contributed by atoms with Crippen LogP contribution in [0.5, 0.6) is 5.75 Å². The average molecular weight is 355 g/mol. The van der Waals surface area contributed by atoms with Gasteiger partial charge >= 0.3 is 0 Å². The van der Waals surface area contributed by atoms with E-state index in [1.54, 1.807) is 7.11 Å². The van der Waals surface area contributed by atoms with Crippen LogP contribution >= 0.6 is 0 Å². The van der Waals surface area contributed by atoms with Gasteiger partial charge in [-0.1, -0.05) is 78.9 Å². The van der Waals surface area contributed by atoms with Crippen molar-refractivity contribution in [3.63, 3.8) is 0 Å². The third-order valence-electron chi connectivity index (χ3n) is 4.48. The molecule has 1 atom stereocenters. The molecule has 27 heavy (non-hydrogen) atoms. The number of hydrogen-bond acceptors (Lipinski definition) is 2. The molecule has 3 aromatic carbocycles. The van der Waals surface area contributed by atoms with Crippen LogP contribution < -0.4 is 4.74 Å². The van der Waals surface area contributed by atoms with Crippen LogP contribution in [-0.4, -0.2) is 18.9 Å². The second kappa shape index (κ2) is 9.54. The van der Waals surface area contributed by atoms with E-state index in [1.807, 2.05) is 30.3 Å². The lowest BCUT2D eigenvalue weighted by Gasteiger charge is -2.15. The number of hydrogen-bond donors (Lipinski definition) is 0. The predicted molar refractivity (Wildman–Crippen MR) is 114 cm³/mol. The van der Waals surface area contributed by atoms with E-state index in [0.29, 0.717) is 0 Å². The van der Waals surface area contributed by atoms with E-state index in [2.05, 4.69) is 67.2 Å². The Hall–Kier alpha value is -3.13. The Balaban J connectivity index is 1.94. The molecule has 0 aliphatic heterocycles. The van der Waals surface area contributed by atoms with Gasteiger partial charge in [0.2, 0.25) is 0 Å². The summed E-state index contributed by atoms with van der Waals surface area (Å²) in [6.45, 7) is 3.93.